The van der Waals surface area contributed by atoms with E-state index < -0.39 is 0 Å². The van der Waals surface area contributed by atoms with Crippen molar-refractivity contribution in [2.75, 3.05) is 53.6 Å². The molecular formula is C30H43N3O6. The Balaban J connectivity index is 1.67. The van der Waals surface area contributed by atoms with Gasteiger partial charge in [0.05, 0.1) is 13.7 Å². The summed E-state index contributed by atoms with van der Waals surface area (Å²) in [5.74, 6) is 0.961. The molecule has 0 aliphatic carbocycles. The average molecular weight is 542 g/mol. The van der Waals surface area contributed by atoms with Crippen LogP contribution >= 0.6 is 0 Å². The van der Waals surface area contributed by atoms with Crippen LogP contribution in [0, 0.1) is 5.92 Å². The van der Waals surface area contributed by atoms with Gasteiger partial charge in [0.1, 0.15) is 6.10 Å². The zero-order chi connectivity index (χ0) is 28.2. The molecule has 2 atom stereocenters. The number of amides is 2. The van der Waals surface area contributed by atoms with Crippen molar-refractivity contribution in [3.8, 4) is 11.5 Å². The molecule has 39 heavy (non-hydrogen) atoms. The molecule has 0 aromatic heterocycles. The lowest BCUT2D eigenvalue weighted by molar-refractivity contribution is 0.0373. The molecule has 214 valence electrons. The molecule has 1 aliphatic heterocycles. The van der Waals surface area contributed by atoms with E-state index in [1.165, 1.54) is 0 Å². The number of hydrogen-bond donors (Lipinski definition) is 1. The van der Waals surface area contributed by atoms with Crippen LogP contribution in [0.5, 0.6) is 11.5 Å². The molecule has 3 rings (SSSR count). The Morgan fingerprint density at radius 3 is 2.46 bits per heavy atom. The summed E-state index contributed by atoms with van der Waals surface area (Å²) < 4.78 is 22.4. The molecule has 1 N–H and O–H groups in total. The third-order valence-corrected chi connectivity index (χ3v) is 6.86. The highest BCUT2D eigenvalue weighted by molar-refractivity contribution is 5.95. The molecule has 9 nitrogen and oxygen atoms in total. The Hall–Kier alpha value is -3.30. The highest BCUT2D eigenvalue weighted by Gasteiger charge is 2.35. The predicted octanol–water partition coefficient (Wildman–Crippen LogP) is 4.21. The van der Waals surface area contributed by atoms with Gasteiger partial charge in [0.2, 0.25) is 0 Å². The lowest BCUT2D eigenvalue weighted by atomic mass is 10.0. The molecule has 1 fully saturated rings. The summed E-state index contributed by atoms with van der Waals surface area (Å²) in [6, 6.07) is 15.1. The standard InChI is InChI=1S/C30H43N3O6/c1-6-32(20-23-11-8-7-9-12-23)30(35)39-28-19-31-18-25(28)21-33(22(2)3)29(34)24-13-14-26(37-5)27(17-24)38-16-10-15-36-4/h7-9,11-14,17,22,25,28,31H,6,10,15-16,18-21H2,1-5H3/t25-,28+/m0/s1. The average Bonchev–Trinajstić information content (AvgIpc) is 3.38. The molecule has 0 saturated carbocycles. The van der Waals surface area contributed by atoms with Crippen LogP contribution in [0.3, 0.4) is 0 Å². The lowest BCUT2D eigenvalue weighted by Gasteiger charge is -2.32. The Bertz CT molecular complexity index is 1050. The van der Waals surface area contributed by atoms with Gasteiger partial charge in [-0.1, -0.05) is 30.3 Å². The summed E-state index contributed by atoms with van der Waals surface area (Å²) in [5.41, 5.74) is 1.57. The number of nitrogens with one attached hydrogen (secondary N) is 1. The fraction of sp³-hybridized carbons (Fsp3) is 0.533. The largest absolute Gasteiger partial charge is 0.493 e. The summed E-state index contributed by atoms with van der Waals surface area (Å²) >= 11 is 0. The van der Waals surface area contributed by atoms with Gasteiger partial charge in [-0.25, -0.2) is 4.79 Å². The van der Waals surface area contributed by atoms with E-state index in [4.69, 9.17) is 18.9 Å². The van der Waals surface area contributed by atoms with Crippen molar-refractivity contribution in [3.05, 3.63) is 59.7 Å². The minimum absolute atomic E-state index is 0.0289. The maximum atomic E-state index is 13.7. The Morgan fingerprint density at radius 1 is 1.03 bits per heavy atom. The number of nitrogens with zero attached hydrogens (tertiary/aromatic N) is 2. The molecule has 0 radical (unpaired) electrons. The highest BCUT2D eigenvalue weighted by Crippen LogP contribution is 2.29. The van der Waals surface area contributed by atoms with Gasteiger partial charge < -0.3 is 34.1 Å². The van der Waals surface area contributed by atoms with Crippen LogP contribution in [0.2, 0.25) is 0 Å². The van der Waals surface area contributed by atoms with Crippen molar-refractivity contribution in [3.63, 3.8) is 0 Å². The molecule has 1 aliphatic rings. The van der Waals surface area contributed by atoms with Crippen LogP contribution in [-0.2, 0) is 16.0 Å². The molecule has 2 aromatic carbocycles. The van der Waals surface area contributed by atoms with Crippen LogP contribution in [-0.4, -0.2) is 87.6 Å². The second-order valence-corrected chi connectivity index (χ2v) is 9.95. The van der Waals surface area contributed by atoms with Gasteiger partial charge in [-0.2, -0.15) is 0 Å². The van der Waals surface area contributed by atoms with E-state index >= 15 is 0 Å². The lowest BCUT2D eigenvalue weighted by Crippen LogP contribution is -2.44. The zero-order valence-electron chi connectivity index (χ0n) is 23.9. The number of hydrogen-bond acceptors (Lipinski definition) is 7. The first-order chi connectivity index (χ1) is 18.9. The number of methoxy groups -OCH3 is 2. The summed E-state index contributed by atoms with van der Waals surface area (Å²) in [4.78, 5) is 30.2. The van der Waals surface area contributed by atoms with E-state index in [0.29, 0.717) is 63.0 Å². The van der Waals surface area contributed by atoms with Crippen molar-refractivity contribution < 1.29 is 28.5 Å². The third-order valence-electron chi connectivity index (χ3n) is 6.86. The number of carbonyl (C=O) groups is 2. The molecule has 2 amide bonds. The van der Waals surface area contributed by atoms with Crippen molar-refractivity contribution in [2.24, 2.45) is 5.92 Å². The van der Waals surface area contributed by atoms with E-state index in [1.807, 2.05) is 56.0 Å². The summed E-state index contributed by atoms with van der Waals surface area (Å²) in [6.45, 7) is 9.68. The van der Waals surface area contributed by atoms with Gasteiger partial charge in [-0.3, -0.25) is 4.79 Å². The van der Waals surface area contributed by atoms with Gasteiger partial charge >= 0.3 is 6.09 Å². The second kappa shape index (κ2) is 15.3. The first-order valence-electron chi connectivity index (χ1n) is 13.7. The molecule has 0 bridgehead atoms. The summed E-state index contributed by atoms with van der Waals surface area (Å²) in [6.07, 6.45) is 0.0609. The zero-order valence-corrected chi connectivity index (χ0v) is 23.9. The number of benzene rings is 2. The monoisotopic (exact) mass is 541 g/mol. The smallest absolute Gasteiger partial charge is 0.410 e. The fourth-order valence-electron chi connectivity index (χ4n) is 4.60. The maximum absolute atomic E-state index is 13.7. The molecule has 0 unspecified atom stereocenters. The van der Waals surface area contributed by atoms with E-state index in [-0.39, 0.29) is 30.1 Å². The highest BCUT2D eigenvalue weighted by atomic mass is 16.6. The van der Waals surface area contributed by atoms with Crippen LogP contribution in [0.25, 0.3) is 0 Å². The van der Waals surface area contributed by atoms with Gasteiger partial charge in [-0.15, -0.1) is 0 Å². The summed E-state index contributed by atoms with van der Waals surface area (Å²) in [5, 5.41) is 3.33. The van der Waals surface area contributed by atoms with Crippen molar-refractivity contribution >= 4 is 12.0 Å². The predicted molar refractivity (Wildman–Crippen MR) is 150 cm³/mol. The van der Waals surface area contributed by atoms with Crippen LogP contribution in [0.15, 0.2) is 48.5 Å². The molecular weight excluding hydrogens is 498 g/mol. The van der Waals surface area contributed by atoms with Gasteiger partial charge in [-0.05, 0) is 44.5 Å². The van der Waals surface area contributed by atoms with E-state index in [1.54, 1.807) is 37.3 Å². The Labute approximate surface area is 232 Å². The number of carbonyl (C=O) groups excluding carboxylic acids is 2. The Morgan fingerprint density at radius 2 is 1.79 bits per heavy atom. The van der Waals surface area contributed by atoms with Crippen LogP contribution in [0.1, 0.15) is 43.1 Å². The first kappa shape index (κ1) is 30.2. The van der Waals surface area contributed by atoms with Crippen molar-refractivity contribution in [1.29, 1.82) is 0 Å². The molecule has 1 saturated heterocycles. The molecule has 2 aromatic rings. The molecule has 9 heteroatoms. The van der Waals surface area contributed by atoms with E-state index in [2.05, 4.69) is 5.32 Å². The minimum Gasteiger partial charge on any atom is -0.493 e. The van der Waals surface area contributed by atoms with E-state index in [9.17, 15) is 9.59 Å². The number of ether oxygens (including phenoxy) is 4. The molecule has 1 heterocycles. The molecule has 0 spiro atoms. The van der Waals surface area contributed by atoms with Crippen molar-refractivity contribution in [1.82, 2.24) is 15.1 Å². The second-order valence-electron chi connectivity index (χ2n) is 9.95. The van der Waals surface area contributed by atoms with Gasteiger partial charge in [0.15, 0.2) is 11.5 Å². The van der Waals surface area contributed by atoms with Gasteiger partial charge in [0, 0.05) is 70.4 Å². The topological polar surface area (TPSA) is 89.6 Å². The quantitative estimate of drug-likeness (QED) is 0.359. The maximum Gasteiger partial charge on any atom is 0.410 e. The summed E-state index contributed by atoms with van der Waals surface area (Å²) in [7, 11) is 3.23. The SMILES string of the molecule is CCN(Cc1ccccc1)C(=O)O[C@@H]1CNC[C@H]1CN(C(=O)c1ccc(OC)c(OCCCOC)c1)C(C)C. The van der Waals surface area contributed by atoms with Crippen LogP contribution < -0.4 is 14.8 Å². The van der Waals surface area contributed by atoms with Crippen LogP contribution in [0.4, 0.5) is 4.79 Å². The Kier molecular flexibility index (Phi) is 11.9. The first-order valence-corrected chi connectivity index (χ1v) is 13.7. The minimum atomic E-state index is -0.340. The third kappa shape index (κ3) is 8.60. The number of rotatable bonds is 14. The fourth-order valence-corrected chi connectivity index (χ4v) is 4.60. The normalized spacial score (nSPS) is 16.7. The van der Waals surface area contributed by atoms with Gasteiger partial charge in [0.25, 0.3) is 5.91 Å². The van der Waals surface area contributed by atoms with E-state index in [0.717, 1.165) is 12.0 Å². The van der Waals surface area contributed by atoms with Crippen molar-refractivity contribution in [2.45, 2.75) is 45.9 Å².